The van der Waals surface area contributed by atoms with Crippen LogP contribution >= 0.6 is 0 Å². The third-order valence-corrected chi connectivity index (χ3v) is 3.15. The van der Waals surface area contributed by atoms with Crippen molar-refractivity contribution in [2.75, 3.05) is 0 Å². The monoisotopic (exact) mass is 245 g/mol. The topological polar surface area (TPSA) is 44.0 Å². The second-order valence-electron chi connectivity index (χ2n) is 4.41. The Morgan fingerprint density at radius 1 is 0.895 bits per heavy atom. The van der Waals surface area contributed by atoms with Crippen LogP contribution in [0.2, 0.25) is 0 Å². The largest absolute Gasteiger partial charge is 0.508 e. The highest BCUT2D eigenvalue weighted by molar-refractivity contribution is 5.98. The van der Waals surface area contributed by atoms with E-state index >= 15 is 0 Å². The summed E-state index contributed by atoms with van der Waals surface area (Å²) in [5.74, 6) is 0.210. The maximum atomic E-state index is 9.57. The summed E-state index contributed by atoms with van der Waals surface area (Å²) in [6.07, 6.45) is 0. The third kappa shape index (κ3) is 2.02. The molecule has 3 aromatic rings. The van der Waals surface area contributed by atoms with Gasteiger partial charge in [-0.1, -0.05) is 36.4 Å². The van der Waals surface area contributed by atoms with Gasteiger partial charge in [0, 0.05) is 0 Å². The molecule has 2 nitrogen and oxygen atoms in total. The van der Waals surface area contributed by atoms with Gasteiger partial charge in [0.2, 0.25) is 0 Å². The molecule has 0 unspecified atom stereocenters. The summed E-state index contributed by atoms with van der Waals surface area (Å²) in [6.45, 7) is 0. The van der Waals surface area contributed by atoms with Crippen molar-refractivity contribution in [1.82, 2.24) is 0 Å². The van der Waals surface area contributed by atoms with Crippen molar-refractivity contribution in [3.63, 3.8) is 0 Å². The first-order valence-corrected chi connectivity index (χ1v) is 6.00. The molecule has 0 bridgehead atoms. The van der Waals surface area contributed by atoms with Crippen LogP contribution in [-0.4, -0.2) is 5.11 Å². The first kappa shape index (κ1) is 11.3. The summed E-state index contributed by atoms with van der Waals surface area (Å²) in [4.78, 5) is 0. The van der Waals surface area contributed by atoms with E-state index in [4.69, 9.17) is 5.26 Å². The van der Waals surface area contributed by atoms with E-state index in [2.05, 4.69) is 6.07 Å². The summed E-state index contributed by atoms with van der Waals surface area (Å²) >= 11 is 0. The van der Waals surface area contributed by atoms with Gasteiger partial charge in [-0.2, -0.15) is 5.26 Å². The number of rotatable bonds is 1. The van der Waals surface area contributed by atoms with Crippen LogP contribution in [0.3, 0.4) is 0 Å². The molecule has 3 rings (SSSR count). The minimum atomic E-state index is 0.210. The normalized spacial score (nSPS) is 10.3. The molecule has 0 amide bonds. The average Bonchev–Trinajstić information content (AvgIpc) is 2.46. The molecule has 0 spiro atoms. The Labute approximate surface area is 111 Å². The lowest BCUT2D eigenvalue weighted by molar-refractivity contribution is 0.476. The maximum Gasteiger partial charge on any atom is 0.116 e. The number of nitrogens with zero attached hydrogens (tertiary/aromatic N) is 1. The van der Waals surface area contributed by atoms with Crippen molar-refractivity contribution in [1.29, 1.82) is 5.26 Å². The molecule has 1 N–H and O–H groups in total. The van der Waals surface area contributed by atoms with Crippen LogP contribution in [-0.2, 0) is 0 Å². The fourth-order valence-corrected chi connectivity index (χ4v) is 2.28. The van der Waals surface area contributed by atoms with E-state index in [0.29, 0.717) is 5.56 Å². The smallest absolute Gasteiger partial charge is 0.116 e. The number of nitriles is 1. The minimum Gasteiger partial charge on any atom is -0.508 e. The second-order valence-corrected chi connectivity index (χ2v) is 4.41. The SMILES string of the molecule is N#Cc1cc(-c2ccccc2)c2ccc(O)cc2c1. The zero-order valence-corrected chi connectivity index (χ0v) is 10.2. The Balaban J connectivity index is 2.38. The number of phenols is 1. The second kappa shape index (κ2) is 4.47. The Hall–Kier alpha value is -2.79. The van der Waals surface area contributed by atoms with Crippen LogP contribution in [0.5, 0.6) is 5.75 Å². The molecule has 0 saturated carbocycles. The summed E-state index contributed by atoms with van der Waals surface area (Å²) in [5, 5.41) is 20.6. The lowest BCUT2D eigenvalue weighted by Gasteiger charge is -2.08. The van der Waals surface area contributed by atoms with Crippen molar-refractivity contribution in [2.24, 2.45) is 0 Å². The minimum absolute atomic E-state index is 0.210. The van der Waals surface area contributed by atoms with Gasteiger partial charge in [0.15, 0.2) is 0 Å². The molecule has 0 atom stereocenters. The van der Waals surface area contributed by atoms with Crippen LogP contribution in [0.1, 0.15) is 5.56 Å². The molecule has 0 aliphatic rings. The van der Waals surface area contributed by atoms with Gasteiger partial charge >= 0.3 is 0 Å². The lowest BCUT2D eigenvalue weighted by atomic mass is 9.96. The highest BCUT2D eigenvalue weighted by Gasteiger charge is 2.07. The zero-order chi connectivity index (χ0) is 13.2. The van der Waals surface area contributed by atoms with Crippen molar-refractivity contribution in [2.45, 2.75) is 0 Å². The molecule has 0 aromatic heterocycles. The number of benzene rings is 3. The first-order chi connectivity index (χ1) is 9.28. The Morgan fingerprint density at radius 2 is 1.68 bits per heavy atom. The third-order valence-electron chi connectivity index (χ3n) is 3.15. The standard InChI is InChI=1S/C17H11NO/c18-11-12-8-14-10-15(19)6-7-16(14)17(9-12)13-4-2-1-3-5-13/h1-10,19H. The van der Waals surface area contributed by atoms with E-state index in [1.165, 1.54) is 0 Å². The summed E-state index contributed by atoms with van der Waals surface area (Å²) in [5.41, 5.74) is 2.67. The fourth-order valence-electron chi connectivity index (χ4n) is 2.28. The molecule has 0 fully saturated rings. The highest BCUT2D eigenvalue weighted by Crippen LogP contribution is 2.31. The van der Waals surface area contributed by atoms with Crippen LogP contribution in [0.25, 0.3) is 21.9 Å². The predicted octanol–water partition coefficient (Wildman–Crippen LogP) is 4.08. The number of fused-ring (bicyclic) bond motifs is 1. The molecule has 2 heteroatoms. The fraction of sp³-hybridized carbons (Fsp3) is 0. The van der Waals surface area contributed by atoms with Gasteiger partial charge in [0.25, 0.3) is 0 Å². The van der Waals surface area contributed by atoms with E-state index in [1.807, 2.05) is 42.5 Å². The van der Waals surface area contributed by atoms with Gasteiger partial charge in [-0.15, -0.1) is 0 Å². The zero-order valence-electron chi connectivity index (χ0n) is 10.2. The van der Waals surface area contributed by atoms with Gasteiger partial charge < -0.3 is 5.11 Å². The van der Waals surface area contributed by atoms with Crippen LogP contribution in [0.15, 0.2) is 60.7 Å². The first-order valence-electron chi connectivity index (χ1n) is 6.00. The van der Waals surface area contributed by atoms with Crippen molar-refractivity contribution in [3.05, 3.63) is 66.2 Å². The van der Waals surface area contributed by atoms with E-state index in [9.17, 15) is 5.11 Å². The van der Waals surface area contributed by atoms with Crippen LogP contribution in [0.4, 0.5) is 0 Å². The molecule has 0 aliphatic carbocycles. The molecular formula is C17H11NO. The predicted molar refractivity (Wildman–Crippen MR) is 75.8 cm³/mol. The molecule has 3 aromatic carbocycles. The van der Waals surface area contributed by atoms with Crippen molar-refractivity contribution >= 4 is 10.8 Å². The summed E-state index contributed by atoms with van der Waals surface area (Å²) in [6, 6.07) is 21.0. The number of hydrogen-bond acceptors (Lipinski definition) is 2. The maximum absolute atomic E-state index is 9.57. The Morgan fingerprint density at radius 3 is 2.42 bits per heavy atom. The van der Waals surface area contributed by atoms with Gasteiger partial charge in [0.05, 0.1) is 11.6 Å². The van der Waals surface area contributed by atoms with Gasteiger partial charge in [-0.05, 0) is 46.2 Å². The van der Waals surface area contributed by atoms with Crippen LogP contribution in [0, 0.1) is 11.3 Å². The molecule has 0 heterocycles. The highest BCUT2D eigenvalue weighted by atomic mass is 16.3. The molecule has 0 saturated heterocycles. The quantitative estimate of drug-likeness (QED) is 0.701. The molecule has 19 heavy (non-hydrogen) atoms. The molecule has 0 aliphatic heterocycles. The average molecular weight is 245 g/mol. The van der Waals surface area contributed by atoms with E-state index in [0.717, 1.165) is 21.9 Å². The molecule has 90 valence electrons. The number of phenolic OH excluding ortho intramolecular Hbond substituents is 1. The lowest BCUT2D eigenvalue weighted by Crippen LogP contribution is -1.84. The molecule has 0 radical (unpaired) electrons. The number of hydrogen-bond donors (Lipinski definition) is 1. The van der Waals surface area contributed by atoms with Crippen LogP contribution < -0.4 is 0 Å². The van der Waals surface area contributed by atoms with E-state index in [-0.39, 0.29) is 5.75 Å². The summed E-state index contributed by atoms with van der Waals surface area (Å²) < 4.78 is 0. The van der Waals surface area contributed by atoms with Gasteiger partial charge in [0.1, 0.15) is 5.75 Å². The molecular weight excluding hydrogens is 234 g/mol. The van der Waals surface area contributed by atoms with E-state index in [1.54, 1.807) is 18.2 Å². The Kier molecular flexibility index (Phi) is 2.66. The number of aromatic hydroxyl groups is 1. The van der Waals surface area contributed by atoms with Gasteiger partial charge in [-0.25, -0.2) is 0 Å². The van der Waals surface area contributed by atoms with Gasteiger partial charge in [-0.3, -0.25) is 0 Å². The summed E-state index contributed by atoms with van der Waals surface area (Å²) in [7, 11) is 0. The van der Waals surface area contributed by atoms with Crippen molar-refractivity contribution < 1.29 is 5.11 Å². The van der Waals surface area contributed by atoms with Crippen molar-refractivity contribution in [3.8, 4) is 22.9 Å². The Bertz CT molecular complexity index is 785. The van der Waals surface area contributed by atoms with E-state index < -0.39 is 0 Å².